The number of nitrogens with zero attached hydrogens (tertiary/aromatic N) is 1. The van der Waals surface area contributed by atoms with E-state index in [2.05, 4.69) is 97.0 Å². The van der Waals surface area contributed by atoms with Gasteiger partial charge in [0.05, 0.1) is 0 Å². The van der Waals surface area contributed by atoms with E-state index in [4.69, 9.17) is 9.68 Å². The van der Waals surface area contributed by atoms with Gasteiger partial charge < -0.3 is 0 Å². The maximum atomic E-state index is 6.88. The van der Waals surface area contributed by atoms with Crippen molar-refractivity contribution in [1.29, 1.82) is 0 Å². The molecule has 0 heterocycles. The molecular weight excluding hydrogens is 370 g/mol. The quantitative estimate of drug-likeness (QED) is 0.289. The van der Waals surface area contributed by atoms with Crippen molar-refractivity contribution >= 4 is 0 Å². The van der Waals surface area contributed by atoms with Crippen molar-refractivity contribution in [2.75, 3.05) is 13.2 Å². The highest BCUT2D eigenvalue weighted by Crippen LogP contribution is 2.39. The van der Waals surface area contributed by atoms with Crippen LogP contribution in [-0.2, 0) is 23.2 Å². The molecule has 0 saturated carbocycles. The molecular formula is C27H42NO2+. The molecule has 1 unspecified atom stereocenters. The predicted molar refractivity (Wildman–Crippen MR) is 126 cm³/mol. The van der Waals surface area contributed by atoms with Crippen LogP contribution in [0.1, 0.15) is 72.1 Å². The van der Waals surface area contributed by atoms with E-state index in [1.807, 2.05) is 6.92 Å². The zero-order valence-corrected chi connectivity index (χ0v) is 20.4. The molecule has 0 saturated heterocycles. The molecule has 0 aliphatic rings. The smallest absolute Gasteiger partial charge is 0.198 e. The monoisotopic (exact) mass is 412 g/mol. The maximum absolute atomic E-state index is 6.88. The Morgan fingerprint density at radius 1 is 0.833 bits per heavy atom. The fourth-order valence-electron chi connectivity index (χ4n) is 4.23. The molecule has 2 rings (SSSR count). The van der Waals surface area contributed by atoms with Crippen molar-refractivity contribution in [3.63, 3.8) is 0 Å². The van der Waals surface area contributed by atoms with Gasteiger partial charge in [-0.3, -0.25) is 4.84 Å². The Morgan fingerprint density at radius 2 is 1.47 bits per heavy atom. The van der Waals surface area contributed by atoms with E-state index >= 15 is 0 Å². The summed E-state index contributed by atoms with van der Waals surface area (Å²) in [4.78, 5) is 13.4. The number of quaternary nitrogens is 1. The molecule has 0 radical (unpaired) electrons. The molecule has 0 bridgehead atoms. The van der Waals surface area contributed by atoms with Gasteiger partial charge in [0.2, 0.25) is 0 Å². The summed E-state index contributed by atoms with van der Waals surface area (Å²) >= 11 is 0. The molecule has 0 aliphatic heterocycles. The van der Waals surface area contributed by atoms with Crippen molar-refractivity contribution in [1.82, 2.24) is 0 Å². The van der Waals surface area contributed by atoms with Gasteiger partial charge in [0.25, 0.3) is 0 Å². The third kappa shape index (κ3) is 5.44. The lowest BCUT2D eigenvalue weighted by molar-refractivity contribution is -1.26. The average Bonchev–Trinajstić information content (AvgIpc) is 2.69. The van der Waals surface area contributed by atoms with Gasteiger partial charge in [-0.05, 0) is 50.2 Å². The molecule has 0 spiro atoms. The number of hydrogen-bond acceptors (Lipinski definition) is 2. The van der Waals surface area contributed by atoms with E-state index in [0.29, 0.717) is 25.0 Å². The van der Waals surface area contributed by atoms with Crippen LogP contribution in [0.2, 0.25) is 0 Å². The first kappa shape index (κ1) is 24.4. The third-order valence-electron chi connectivity index (χ3n) is 5.80. The van der Waals surface area contributed by atoms with Crippen molar-refractivity contribution in [3.8, 4) is 5.75 Å². The summed E-state index contributed by atoms with van der Waals surface area (Å²) < 4.78 is 0. The predicted octanol–water partition coefficient (Wildman–Crippen LogP) is 7.10. The molecule has 2 aromatic carbocycles. The standard InChI is InChI=1S/C27H42NO2/c1-9-28(29-10-2,27(7,8)24-16-12-11-13-17-24)30-26-18-14-15-23(19-21(3)4)25(26)20-22(5)6/h11-18,21-22H,9-10,19-20H2,1-8H3/q+1. The second-order valence-corrected chi connectivity index (χ2v) is 9.51. The van der Waals surface area contributed by atoms with Gasteiger partial charge in [-0.25, -0.2) is 0 Å². The van der Waals surface area contributed by atoms with Gasteiger partial charge in [0, 0.05) is 29.8 Å². The molecule has 0 aliphatic carbocycles. The molecule has 30 heavy (non-hydrogen) atoms. The normalized spacial score (nSPS) is 14.2. The Balaban J connectivity index is 2.58. The van der Waals surface area contributed by atoms with Crippen LogP contribution in [0.15, 0.2) is 48.5 Å². The largest absolute Gasteiger partial charge is 0.279 e. The minimum absolute atomic E-state index is 0.101. The van der Waals surface area contributed by atoms with Crippen LogP contribution in [-0.4, -0.2) is 18.0 Å². The molecule has 3 heteroatoms. The maximum Gasteiger partial charge on any atom is 0.198 e. The number of hydroxylamine groups is 4. The zero-order chi connectivity index (χ0) is 22.4. The van der Waals surface area contributed by atoms with Crippen molar-refractivity contribution < 1.29 is 14.5 Å². The van der Waals surface area contributed by atoms with Gasteiger partial charge in [-0.2, -0.15) is 4.84 Å². The average molecular weight is 413 g/mol. The molecule has 0 fully saturated rings. The molecule has 0 amide bonds. The molecule has 2 aromatic rings. The van der Waals surface area contributed by atoms with Crippen LogP contribution in [0.3, 0.4) is 0 Å². The first-order valence-corrected chi connectivity index (χ1v) is 11.5. The molecule has 1 atom stereocenters. The van der Waals surface area contributed by atoms with Crippen molar-refractivity contribution in [2.45, 2.75) is 73.8 Å². The van der Waals surface area contributed by atoms with Crippen LogP contribution in [0.5, 0.6) is 5.75 Å². The van der Waals surface area contributed by atoms with E-state index in [1.54, 1.807) is 0 Å². The Bertz CT molecular complexity index is 783. The molecule has 3 nitrogen and oxygen atoms in total. The van der Waals surface area contributed by atoms with E-state index in [9.17, 15) is 0 Å². The zero-order valence-electron chi connectivity index (χ0n) is 20.4. The minimum atomic E-state index is -0.380. The summed E-state index contributed by atoms with van der Waals surface area (Å²) in [6.07, 6.45) is 2.06. The number of benzene rings is 2. The Kier molecular flexibility index (Phi) is 8.52. The highest BCUT2D eigenvalue weighted by molar-refractivity contribution is 5.40. The fourth-order valence-corrected chi connectivity index (χ4v) is 4.23. The fraction of sp³-hybridized carbons (Fsp3) is 0.556. The van der Waals surface area contributed by atoms with Gasteiger partial charge in [0.15, 0.2) is 11.3 Å². The van der Waals surface area contributed by atoms with E-state index in [1.165, 1.54) is 16.7 Å². The Labute approximate surface area is 184 Å². The van der Waals surface area contributed by atoms with E-state index < -0.39 is 0 Å². The minimum Gasteiger partial charge on any atom is -0.279 e. The van der Waals surface area contributed by atoms with Gasteiger partial charge in [0.1, 0.15) is 13.2 Å². The van der Waals surface area contributed by atoms with E-state index in [0.717, 1.165) is 18.6 Å². The van der Waals surface area contributed by atoms with Crippen molar-refractivity contribution in [3.05, 3.63) is 65.2 Å². The van der Waals surface area contributed by atoms with Crippen molar-refractivity contribution in [2.24, 2.45) is 11.8 Å². The lowest BCUT2D eigenvalue weighted by atomic mass is 9.92. The summed E-state index contributed by atoms with van der Waals surface area (Å²) in [5.41, 5.74) is 3.53. The first-order chi connectivity index (χ1) is 14.2. The van der Waals surface area contributed by atoms with Crippen LogP contribution in [0.25, 0.3) is 0 Å². The Morgan fingerprint density at radius 3 is 2.00 bits per heavy atom. The van der Waals surface area contributed by atoms with Crippen LogP contribution in [0.4, 0.5) is 0 Å². The van der Waals surface area contributed by atoms with Crippen LogP contribution >= 0.6 is 0 Å². The summed E-state index contributed by atoms with van der Waals surface area (Å²) in [7, 11) is 0. The summed E-state index contributed by atoms with van der Waals surface area (Å²) in [5, 5.41) is 0. The first-order valence-electron chi connectivity index (χ1n) is 11.5. The van der Waals surface area contributed by atoms with Gasteiger partial charge in [-0.1, -0.05) is 70.2 Å². The topological polar surface area (TPSA) is 18.5 Å². The molecule has 0 aromatic heterocycles. The summed E-state index contributed by atoms with van der Waals surface area (Å²) in [6, 6.07) is 17.0. The molecule has 166 valence electrons. The number of rotatable bonds is 11. The summed E-state index contributed by atoms with van der Waals surface area (Å²) in [5.74, 6) is 2.10. The lowest BCUT2D eigenvalue weighted by Gasteiger charge is -2.43. The second-order valence-electron chi connectivity index (χ2n) is 9.51. The van der Waals surface area contributed by atoms with Crippen LogP contribution in [0, 0.1) is 11.8 Å². The Hall–Kier alpha value is -1.84. The van der Waals surface area contributed by atoms with E-state index in [-0.39, 0.29) is 10.3 Å². The van der Waals surface area contributed by atoms with Gasteiger partial charge >= 0.3 is 0 Å². The highest BCUT2D eigenvalue weighted by Gasteiger charge is 2.50. The number of hydrogen-bond donors (Lipinski definition) is 0. The summed E-state index contributed by atoms with van der Waals surface area (Å²) in [6.45, 7) is 19.0. The molecule has 0 N–H and O–H groups in total. The third-order valence-corrected chi connectivity index (χ3v) is 5.80. The van der Waals surface area contributed by atoms with Crippen LogP contribution < -0.4 is 4.84 Å². The van der Waals surface area contributed by atoms with Gasteiger partial charge in [-0.15, -0.1) is 0 Å². The lowest BCUT2D eigenvalue weighted by Crippen LogP contribution is -2.61. The second kappa shape index (κ2) is 10.5. The SMILES string of the molecule is CCO[N+](CC)(Oc1cccc(CC(C)C)c1CC(C)C)C(C)(C)c1ccccc1. The highest BCUT2D eigenvalue weighted by atomic mass is 17.0.